The largest absolute Gasteiger partial charge is 0.504 e. The van der Waals surface area contributed by atoms with E-state index in [-0.39, 0.29) is 11.7 Å². The molecule has 2 N–H and O–H groups in total. The van der Waals surface area contributed by atoms with Gasteiger partial charge in [-0.2, -0.15) is 0 Å². The number of hydrogen-bond donors (Lipinski definition) is 2. The topological polar surface area (TPSA) is 67.8 Å². The van der Waals surface area contributed by atoms with Gasteiger partial charge in [0.1, 0.15) is 6.61 Å². The minimum atomic E-state index is -0.352. The summed E-state index contributed by atoms with van der Waals surface area (Å²) < 4.78 is 11.1. The van der Waals surface area contributed by atoms with Crippen molar-refractivity contribution >= 4 is 29.3 Å². The third-order valence-electron chi connectivity index (χ3n) is 4.16. The number of para-hydroxylation sites is 1. The van der Waals surface area contributed by atoms with Gasteiger partial charge in [-0.25, -0.2) is 0 Å². The van der Waals surface area contributed by atoms with Crippen LogP contribution in [0.2, 0.25) is 5.02 Å². The van der Waals surface area contributed by atoms with Crippen LogP contribution >= 0.6 is 11.6 Å². The second-order valence-electron chi connectivity index (χ2n) is 6.37. The number of rotatable bonds is 8. The Morgan fingerprint density at radius 2 is 1.87 bits per heavy atom. The van der Waals surface area contributed by atoms with Crippen LogP contribution in [0.1, 0.15) is 18.1 Å². The number of nitrogens with one attached hydrogen (secondary N) is 1. The zero-order valence-corrected chi connectivity index (χ0v) is 17.2. The summed E-state index contributed by atoms with van der Waals surface area (Å²) in [6.45, 7) is 2.62. The molecule has 0 heterocycles. The van der Waals surface area contributed by atoms with Gasteiger partial charge < -0.3 is 19.9 Å². The number of phenolic OH excluding ortho intramolecular Hbond substituents is 1. The molecule has 0 radical (unpaired) electrons. The molecule has 0 aromatic heterocycles. The fourth-order valence-corrected chi connectivity index (χ4v) is 2.97. The zero-order chi connectivity index (χ0) is 21.3. The first-order valence-corrected chi connectivity index (χ1v) is 9.84. The van der Waals surface area contributed by atoms with Crippen LogP contribution in [0.4, 0.5) is 5.69 Å². The molecule has 30 heavy (non-hydrogen) atoms. The molecule has 3 rings (SSSR count). The maximum Gasteiger partial charge on any atom is 0.248 e. The van der Waals surface area contributed by atoms with Gasteiger partial charge in [0.2, 0.25) is 5.91 Å². The van der Waals surface area contributed by atoms with Gasteiger partial charge in [0, 0.05) is 6.08 Å². The molecular weight excluding hydrogens is 402 g/mol. The number of carbonyl (C=O) groups excluding carboxylic acids is 1. The molecule has 6 heteroatoms. The number of aromatic hydroxyl groups is 1. The maximum absolute atomic E-state index is 12.4. The average Bonchev–Trinajstić information content (AvgIpc) is 2.74. The van der Waals surface area contributed by atoms with Crippen LogP contribution in [-0.4, -0.2) is 17.6 Å². The smallest absolute Gasteiger partial charge is 0.248 e. The molecule has 1 amide bonds. The third kappa shape index (κ3) is 5.78. The number of hydrogen-bond acceptors (Lipinski definition) is 4. The SMILES string of the molecule is CCOc1ccc(/C=C/C(=O)Nc2cccc(Cl)c2OCc2ccccc2)cc1O. The molecule has 0 fully saturated rings. The lowest BCUT2D eigenvalue weighted by Crippen LogP contribution is -2.09. The number of ether oxygens (including phenoxy) is 2. The molecule has 0 atom stereocenters. The maximum atomic E-state index is 12.4. The van der Waals surface area contributed by atoms with E-state index in [4.69, 9.17) is 21.1 Å². The van der Waals surface area contributed by atoms with Gasteiger partial charge in [-0.1, -0.05) is 54.1 Å². The van der Waals surface area contributed by atoms with E-state index in [1.165, 1.54) is 12.1 Å². The van der Waals surface area contributed by atoms with E-state index in [9.17, 15) is 9.90 Å². The molecule has 0 aliphatic heterocycles. The number of carbonyl (C=O) groups is 1. The summed E-state index contributed by atoms with van der Waals surface area (Å²) in [5.41, 5.74) is 2.13. The van der Waals surface area contributed by atoms with Crippen molar-refractivity contribution in [2.75, 3.05) is 11.9 Å². The summed E-state index contributed by atoms with van der Waals surface area (Å²) >= 11 is 6.28. The average molecular weight is 424 g/mol. The van der Waals surface area contributed by atoms with Gasteiger partial charge in [-0.15, -0.1) is 0 Å². The van der Waals surface area contributed by atoms with Crippen molar-refractivity contribution in [2.24, 2.45) is 0 Å². The van der Waals surface area contributed by atoms with Gasteiger partial charge in [-0.3, -0.25) is 4.79 Å². The monoisotopic (exact) mass is 423 g/mol. The fraction of sp³-hybridized carbons (Fsp3) is 0.125. The Kier molecular flexibility index (Phi) is 7.35. The quantitative estimate of drug-likeness (QED) is 0.458. The Balaban J connectivity index is 1.68. The number of amides is 1. The van der Waals surface area contributed by atoms with Crippen molar-refractivity contribution in [1.82, 2.24) is 0 Å². The minimum absolute atomic E-state index is 0.0193. The van der Waals surface area contributed by atoms with Crippen LogP contribution in [0.5, 0.6) is 17.2 Å². The summed E-state index contributed by atoms with van der Waals surface area (Å²) in [7, 11) is 0. The third-order valence-corrected chi connectivity index (χ3v) is 4.46. The Morgan fingerprint density at radius 3 is 2.60 bits per heavy atom. The highest BCUT2D eigenvalue weighted by molar-refractivity contribution is 6.32. The Morgan fingerprint density at radius 1 is 1.07 bits per heavy atom. The molecule has 0 saturated carbocycles. The normalized spacial score (nSPS) is 10.7. The van der Waals surface area contributed by atoms with E-state index >= 15 is 0 Å². The van der Waals surface area contributed by atoms with Crippen LogP contribution in [0, 0.1) is 0 Å². The van der Waals surface area contributed by atoms with Gasteiger partial charge in [0.25, 0.3) is 0 Å². The Hall–Kier alpha value is -3.44. The van der Waals surface area contributed by atoms with Crippen LogP contribution < -0.4 is 14.8 Å². The van der Waals surface area contributed by atoms with Crippen LogP contribution in [0.3, 0.4) is 0 Å². The van der Waals surface area contributed by atoms with Crippen molar-refractivity contribution in [2.45, 2.75) is 13.5 Å². The van der Waals surface area contributed by atoms with Crippen molar-refractivity contribution < 1.29 is 19.4 Å². The molecule has 0 aliphatic carbocycles. The van der Waals surface area contributed by atoms with Gasteiger partial charge in [0.05, 0.1) is 17.3 Å². The van der Waals surface area contributed by atoms with Crippen LogP contribution in [-0.2, 0) is 11.4 Å². The molecule has 0 unspecified atom stereocenters. The fourth-order valence-electron chi connectivity index (χ4n) is 2.75. The van der Waals surface area contributed by atoms with Crippen molar-refractivity contribution in [3.05, 3.63) is 89.0 Å². The predicted octanol–water partition coefficient (Wildman–Crippen LogP) is 5.68. The molecule has 0 saturated heterocycles. The second-order valence-corrected chi connectivity index (χ2v) is 6.78. The highest BCUT2D eigenvalue weighted by atomic mass is 35.5. The van der Waals surface area contributed by atoms with Crippen molar-refractivity contribution in [1.29, 1.82) is 0 Å². The summed E-state index contributed by atoms with van der Waals surface area (Å²) in [6.07, 6.45) is 2.97. The lowest BCUT2D eigenvalue weighted by atomic mass is 10.2. The minimum Gasteiger partial charge on any atom is -0.504 e. The molecule has 154 valence electrons. The number of benzene rings is 3. The van der Waals surface area contributed by atoms with E-state index in [1.54, 1.807) is 36.4 Å². The summed E-state index contributed by atoms with van der Waals surface area (Å²) in [6, 6.07) is 19.8. The van der Waals surface area contributed by atoms with Gasteiger partial charge in [-0.05, 0) is 48.4 Å². The number of anilines is 1. The van der Waals surface area contributed by atoms with E-state index in [1.807, 2.05) is 37.3 Å². The molecule has 0 aliphatic rings. The van der Waals surface area contributed by atoms with Gasteiger partial charge in [0.15, 0.2) is 17.2 Å². The molecule has 0 spiro atoms. The summed E-state index contributed by atoms with van der Waals surface area (Å²) in [5.74, 6) is 0.475. The van der Waals surface area contributed by atoms with Crippen molar-refractivity contribution in [3.63, 3.8) is 0 Å². The summed E-state index contributed by atoms with van der Waals surface area (Å²) in [4.78, 5) is 12.4. The first-order valence-electron chi connectivity index (χ1n) is 9.47. The summed E-state index contributed by atoms with van der Waals surface area (Å²) in [5, 5.41) is 13.1. The predicted molar refractivity (Wildman–Crippen MR) is 119 cm³/mol. The lowest BCUT2D eigenvalue weighted by molar-refractivity contribution is -0.111. The number of phenols is 1. The molecular formula is C24H22ClNO4. The molecule has 0 bridgehead atoms. The Labute approximate surface area is 180 Å². The zero-order valence-electron chi connectivity index (χ0n) is 16.5. The first-order chi connectivity index (χ1) is 14.6. The van der Waals surface area contributed by atoms with E-state index in [2.05, 4.69) is 5.32 Å². The van der Waals surface area contributed by atoms with E-state index < -0.39 is 0 Å². The van der Waals surface area contributed by atoms with Crippen LogP contribution in [0.15, 0.2) is 72.8 Å². The highest BCUT2D eigenvalue weighted by Gasteiger charge is 2.11. The second kappa shape index (κ2) is 10.4. The Bertz CT molecular complexity index is 1030. The first kappa shape index (κ1) is 21.3. The van der Waals surface area contributed by atoms with E-state index in [0.717, 1.165) is 5.56 Å². The van der Waals surface area contributed by atoms with Gasteiger partial charge >= 0.3 is 0 Å². The molecule has 3 aromatic rings. The van der Waals surface area contributed by atoms with E-state index in [0.29, 0.717) is 41.0 Å². The molecule has 3 aromatic carbocycles. The molecule has 5 nitrogen and oxygen atoms in total. The number of halogens is 1. The van der Waals surface area contributed by atoms with Crippen LogP contribution in [0.25, 0.3) is 6.08 Å². The lowest BCUT2D eigenvalue weighted by Gasteiger charge is -2.13. The van der Waals surface area contributed by atoms with Crippen molar-refractivity contribution in [3.8, 4) is 17.2 Å². The highest BCUT2D eigenvalue weighted by Crippen LogP contribution is 2.33. The standard InChI is InChI=1S/C24H22ClNO4/c1-2-29-22-13-11-17(15-21(22)27)12-14-23(28)26-20-10-6-9-19(25)24(20)30-16-18-7-4-3-5-8-18/h3-15,27H,2,16H2,1H3,(H,26,28)/b14-12+.